The van der Waals surface area contributed by atoms with Crippen LogP contribution in [0, 0.1) is 13.8 Å². The lowest BCUT2D eigenvalue weighted by atomic mass is 10.2. The number of aryl methyl sites for hydroxylation is 1. The minimum atomic E-state index is 0.490. The van der Waals surface area contributed by atoms with Gasteiger partial charge < -0.3 is 10.1 Å². The van der Waals surface area contributed by atoms with Crippen LogP contribution in [0.4, 0.5) is 5.82 Å². The normalized spacial score (nSPS) is 10.4. The lowest BCUT2D eigenvalue weighted by Gasteiger charge is -2.09. The summed E-state index contributed by atoms with van der Waals surface area (Å²) in [4.78, 5) is 8.75. The lowest BCUT2D eigenvalue weighted by Crippen LogP contribution is -2.07. The van der Waals surface area contributed by atoms with E-state index in [1.165, 1.54) is 0 Å². The van der Waals surface area contributed by atoms with Crippen molar-refractivity contribution in [2.45, 2.75) is 33.8 Å². The molecule has 1 N–H and O–H groups in total. The molecular weight excluding hydrogens is 190 g/mol. The van der Waals surface area contributed by atoms with E-state index in [-0.39, 0.29) is 0 Å². The van der Waals surface area contributed by atoms with Gasteiger partial charge in [0, 0.05) is 24.9 Å². The highest BCUT2D eigenvalue weighted by molar-refractivity contribution is 5.44. The summed E-state index contributed by atoms with van der Waals surface area (Å²) < 4.78 is 5.41. The van der Waals surface area contributed by atoms with Gasteiger partial charge in [0.1, 0.15) is 12.4 Å². The minimum absolute atomic E-state index is 0.490. The molecule has 1 aromatic heterocycles. The second-order valence-corrected chi connectivity index (χ2v) is 3.50. The van der Waals surface area contributed by atoms with Gasteiger partial charge in [-0.2, -0.15) is 0 Å². The van der Waals surface area contributed by atoms with Crippen LogP contribution in [0.2, 0.25) is 0 Å². The molecule has 0 bridgehead atoms. The summed E-state index contributed by atoms with van der Waals surface area (Å²) in [6.45, 7) is 7.33. The summed E-state index contributed by atoms with van der Waals surface area (Å²) >= 11 is 0. The number of rotatable bonds is 5. The molecule has 4 nitrogen and oxygen atoms in total. The van der Waals surface area contributed by atoms with Crippen molar-refractivity contribution in [3.05, 3.63) is 17.1 Å². The Morgan fingerprint density at radius 1 is 1.27 bits per heavy atom. The monoisotopic (exact) mass is 209 g/mol. The molecule has 0 atom stereocenters. The van der Waals surface area contributed by atoms with Crippen LogP contribution in [-0.2, 0) is 11.3 Å². The van der Waals surface area contributed by atoms with E-state index in [0.717, 1.165) is 35.9 Å². The first-order valence-corrected chi connectivity index (χ1v) is 5.28. The Morgan fingerprint density at radius 3 is 2.60 bits per heavy atom. The van der Waals surface area contributed by atoms with E-state index in [1.807, 2.05) is 20.9 Å². The van der Waals surface area contributed by atoms with Crippen LogP contribution in [0.5, 0.6) is 0 Å². The number of hydrogen-bond donors (Lipinski definition) is 1. The molecule has 1 rings (SSSR count). The lowest BCUT2D eigenvalue weighted by molar-refractivity contribution is 0.116. The van der Waals surface area contributed by atoms with E-state index in [0.29, 0.717) is 6.61 Å². The SMILES string of the molecule is CCCOCc1nc(C)c(C)c(NC)n1. The third kappa shape index (κ3) is 3.16. The molecule has 0 spiro atoms. The molecule has 0 aliphatic rings. The maximum atomic E-state index is 5.41. The average molecular weight is 209 g/mol. The first-order valence-electron chi connectivity index (χ1n) is 5.28. The Hall–Kier alpha value is -1.16. The van der Waals surface area contributed by atoms with E-state index in [9.17, 15) is 0 Å². The summed E-state index contributed by atoms with van der Waals surface area (Å²) in [5, 5.41) is 3.06. The van der Waals surface area contributed by atoms with E-state index < -0.39 is 0 Å². The van der Waals surface area contributed by atoms with Crippen molar-refractivity contribution in [2.75, 3.05) is 19.0 Å². The molecule has 0 amide bonds. The van der Waals surface area contributed by atoms with Gasteiger partial charge >= 0.3 is 0 Å². The van der Waals surface area contributed by atoms with Gasteiger partial charge in [0.2, 0.25) is 0 Å². The van der Waals surface area contributed by atoms with Crippen molar-refractivity contribution in [2.24, 2.45) is 0 Å². The molecule has 84 valence electrons. The Labute approximate surface area is 91.1 Å². The molecule has 0 aliphatic carbocycles. The molecule has 0 aromatic carbocycles. The highest BCUT2D eigenvalue weighted by Crippen LogP contribution is 2.14. The van der Waals surface area contributed by atoms with Crippen molar-refractivity contribution >= 4 is 5.82 Å². The summed E-state index contributed by atoms with van der Waals surface area (Å²) in [7, 11) is 1.87. The molecule has 0 saturated carbocycles. The maximum Gasteiger partial charge on any atom is 0.156 e. The molecule has 0 unspecified atom stereocenters. The topological polar surface area (TPSA) is 47.0 Å². The summed E-state index contributed by atoms with van der Waals surface area (Å²) in [6, 6.07) is 0. The van der Waals surface area contributed by atoms with Crippen LogP contribution in [0.15, 0.2) is 0 Å². The molecular formula is C11H19N3O. The van der Waals surface area contributed by atoms with Crippen molar-refractivity contribution in [1.82, 2.24) is 9.97 Å². The largest absolute Gasteiger partial charge is 0.373 e. The van der Waals surface area contributed by atoms with Crippen molar-refractivity contribution in [1.29, 1.82) is 0 Å². The van der Waals surface area contributed by atoms with Gasteiger partial charge in [-0.05, 0) is 20.3 Å². The second-order valence-electron chi connectivity index (χ2n) is 3.50. The number of ether oxygens (including phenoxy) is 1. The van der Waals surface area contributed by atoms with Gasteiger partial charge in [-0.25, -0.2) is 9.97 Å². The van der Waals surface area contributed by atoms with Crippen LogP contribution in [0.3, 0.4) is 0 Å². The van der Waals surface area contributed by atoms with Crippen LogP contribution in [0.25, 0.3) is 0 Å². The fraction of sp³-hybridized carbons (Fsp3) is 0.636. The summed E-state index contributed by atoms with van der Waals surface area (Å²) in [5.74, 6) is 1.63. The van der Waals surface area contributed by atoms with E-state index in [1.54, 1.807) is 0 Å². The zero-order valence-electron chi connectivity index (χ0n) is 9.92. The van der Waals surface area contributed by atoms with Crippen molar-refractivity contribution < 1.29 is 4.74 Å². The second kappa shape index (κ2) is 5.66. The Bertz CT molecular complexity index is 326. The molecule has 1 aromatic rings. The Kier molecular flexibility index (Phi) is 4.49. The smallest absolute Gasteiger partial charge is 0.156 e. The fourth-order valence-electron chi connectivity index (χ4n) is 1.30. The number of nitrogens with zero attached hydrogens (tertiary/aromatic N) is 2. The quantitative estimate of drug-likeness (QED) is 0.754. The predicted octanol–water partition coefficient (Wildman–Crippen LogP) is 2.06. The summed E-state index contributed by atoms with van der Waals surface area (Å²) in [6.07, 6.45) is 1.02. The van der Waals surface area contributed by atoms with Gasteiger partial charge in [0.25, 0.3) is 0 Å². The van der Waals surface area contributed by atoms with Crippen LogP contribution in [-0.4, -0.2) is 23.6 Å². The van der Waals surface area contributed by atoms with E-state index in [2.05, 4.69) is 22.2 Å². The molecule has 0 fully saturated rings. The molecule has 1 heterocycles. The van der Waals surface area contributed by atoms with Gasteiger partial charge in [0.05, 0.1) is 0 Å². The third-order valence-corrected chi connectivity index (χ3v) is 2.25. The minimum Gasteiger partial charge on any atom is -0.373 e. The van der Waals surface area contributed by atoms with E-state index >= 15 is 0 Å². The highest BCUT2D eigenvalue weighted by Gasteiger charge is 2.06. The number of aromatic nitrogens is 2. The molecule has 0 saturated heterocycles. The van der Waals surface area contributed by atoms with Crippen LogP contribution >= 0.6 is 0 Å². The molecule has 4 heteroatoms. The number of hydrogen-bond acceptors (Lipinski definition) is 4. The van der Waals surface area contributed by atoms with Gasteiger partial charge in [-0.3, -0.25) is 0 Å². The average Bonchev–Trinajstić information content (AvgIpc) is 2.23. The molecule has 0 aliphatic heterocycles. The zero-order valence-corrected chi connectivity index (χ0v) is 9.92. The highest BCUT2D eigenvalue weighted by atomic mass is 16.5. The number of nitrogens with one attached hydrogen (secondary N) is 1. The predicted molar refractivity (Wildman–Crippen MR) is 61.0 cm³/mol. The van der Waals surface area contributed by atoms with Crippen molar-refractivity contribution in [3.63, 3.8) is 0 Å². The Morgan fingerprint density at radius 2 is 2.00 bits per heavy atom. The third-order valence-electron chi connectivity index (χ3n) is 2.25. The standard InChI is InChI=1S/C11H19N3O/c1-5-6-15-7-10-13-9(3)8(2)11(12-4)14-10/h5-7H2,1-4H3,(H,12,13,14). The maximum absolute atomic E-state index is 5.41. The first-order chi connectivity index (χ1) is 7.19. The van der Waals surface area contributed by atoms with Crippen molar-refractivity contribution in [3.8, 4) is 0 Å². The first kappa shape index (κ1) is 11.9. The molecule has 0 radical (unpaired) electrons. The number of anilines is 1. The van der Waals surface area contributed by atoms with Gasteiger partial charge in [0.15, 0.2) is 5.82 Å². The van der Waals surface area contributed by atoms with Crippen LogP contribution in [0.1, 0.15) is 30.4 Å². The zero-order chi connectivity index (χ0) is 11.3. The Balaban J connectivity index is 2.77. The van der Waals surface area contributed by atoms with Gasteiger partial charge in [-0.1, -0.05) is 6.92 Å². The summed E-state index contributed by atoms with van der Waals surface area (Å²) in [5.41, 5.74) is 2.10. The van der Waals surface area contributed by atoms with E-state index in [4.69, 9.17) is 4.74 Å². The van der Waals surface area contributed by atoms with Gasteiger partial charge in [-0.15, -0.1) is 0 Å². The fourth-order valence-corrected chi connectivity index (χ4v) is 1.30. The molecule has 15 heavy (non-hydrogen) atoms. The van der Waals surface area contributed by atoms with Crippen LogP contribution < -0.4 is 5.32 Å².